The summed E-state index contributed by atoms with van der Waals surface area (Å²) in [7, 11) is 0. The van der Waals surface area contributed by atoms with Gasteiger partial charge in [-0.1, -0.05) is 13.8 Å². The van der Waals surface area contributed by atoms with Gasteiger partial charge in [0.1, 0.15) is 18.3 Å². The van der Waals surface area contributed by atoms with Crippen molar-refractivity contribution in [2.45, 2.75) is 89.5 Å². The van der Waals surface area contributed by atoms with Crippen molar-refractivity contribution in [1.82, 2.24) is 0 Å². The zero-order valence-electron chi connectivity index (χ0n) is 14.2. The molecule has 0 aromatic carbocycles. The Hall–Kier alpha value is -0.650. The van der Waals surface area contributed by atoms with Gasteiger partial charge in [-0.05, 0) is 32.6 Å². The zero-order chi connectivity index (χ0) is 16.3. The molecule has 0 aromatic heterocycles. The molecule has 2 aliphatic heterocycles. The minimum Gasteiger partial charge on any atom is -0.459 e. The number of rotatable bonds is 2. The SMILES string of the molecule is CC(=O)O[C@@H]1C(C(C)C)CC[C@]2(C)O[C@H]2C(O)C[C@]2(C)O[C@@H]12. The maximum absolute atomic E-state index is 11.5. The second-order valence-electron chi connectivity index (χ2n) is 7.99. The van der Waals surface area contributed by atoms with E-state index < -0.39 is 11.7 Å². The summed E-state index contributed by atoms with van der Waals surface area (Å²) in [5.74, 6) is 0.369. The van der Waals surface area contributed by atoms with Gasteiger partial charge < -0.3 is 19.3 Å². The topological polar surface area (TPSA) is 71.6 Å². The van der Waals surface area contributed by atoms with Crippen LogP contribution in [0.25, 0.3) is 0 Å². The molecule has 5 nitrogen and oxygen atoms in total. The molecule has 2 saturated heterocycles. The third-order valence-electron chi connectivity index (χ3n) is 5.70. The van der Waals surface area contributed by atoms with Crippen LogP contribution < -0.4 is 0 Å². The largest absolute Gasteiger partial charge is 0.459 e. The molecule has 0 amide bonds. The normalized spacial score (nSPS) is 50.8. The maximum atomic E-state index is 11.5. The lowest BCUT2D eigenvalue weighted by atomic mass is 9.77. The van der Waals surface area contributed by atoms with E-state index in [1.54, 1.807) is 0 Å². The monoisotopic (exact) mass is 312 g/mol. The van der Waals surface area contributed by atoms with E-state index in [4.69, 9.17) is 14.2 Å². The smallest absolute Gasteiger partial charge is 0.303 e. The Morgan fingerprint density at radius 2 is 1.86 bits per heavy atom. The first-order valence-corrected chi connectivity index (χ1v) is 8.37. The van der Waals surface area contributed by atoms with Gasteiger partial charge in [-0.15, -0.1) is 0 Å². The third-order valence-corrected chi connectivity index (χ3v) is 5.70. The highest BCUT2D eigenvalue weighted by atomic mass is 16.6. The van der Waals surface area contributed by atoms with Gasteiger partial charge in [0.25, 0.3) is 0 Å². The minimum atomic E-state index is -0.520. The second-order valence-corrected chi connectivity index (χ2v) is 7.99. The lowest BCUT2D eigenvalue weighted by Crippen LogP contribution is -2.40. The van der Waals surface area contributed by atoms with Gasteiger partial charge in [-0.3, -0.25) is 4.79 Å². The Morgan fingerprint density at radius 3 is 2.45 bits per heavy atom. The van der Waals surface area contributed by atoms with Crippen LogP contribution in [0.3, 0.4) is 0 Å². The fourth-order valence-corrected chi connectivity index (χ4v) is 4.20. The molecule has 22 heavy (non-hydrogen) atoms. The molecular weight excluding hydrogens is 284 g/mol. The van der Waals surface area contributed by atoms with Crippen molar-refractivity contribution in [3.63, 3.8) is 0 Å². The fraction of sp³-hybridized carbons (Fsp3) is 0.941. The van der Waals surface area contributed by atoms with Crippen LogP contribution in [0.1, 0.15) is 53.9 Å². The number of fused-ring (bicyclic) bond motifs is 2. The van der Waals surface area contributed by atoms with E-state index in [-0.39, 0.29) is 35.8 Å². The lowest BCUT2D eigenvalue weighted by Gasteiger charge is -2.31. The van der Waals surface area contributed by atoms with Crippen molar-refractivity contribution in [3.8, 4) is 0 Å². The standard InChI is InChI=1S/C17H28O5/c1-9(2)11-6-7-16(4)14(21-16)12(19)8-17(5)15(22-17)13(11)20-10(3)18/h9,11-15,19H,6-8H2,1-5H3/t11?,12?,13-,14+,15+,16+,17+/m1/s1. The molecule has 1 saturated carbocycles. The van der Waals surface area contributed by atoms with Gasteiger partial charge in [-0.25, -0.2) is 0 Å². The van der Waals surface area contributed by atoms with Crippen LogP contribution in [0.15, 0.2) is 0 Å². The molecule has 0 bridgehead atoms. The highest BCUT2D eigenvalue weighted by Crippen LogP contribution is 2.53. The molecule has 3 aliphatic rings. The lowest BCUT2D eigenvalue weighted by molar-refractivity contribution is -0.151. The van der Waals surface area contributed by atoms with Crippen LogP contribution in [-0.2, 0) is 19.0 Å². The molecule has 0 radical (unpaired) electrons. The van der Waals surface area contributed by atoms with Crippen molar-refractivity contribution < 1.29 is 24.1 Å². The first-order valence-electron chi connectivity index (χ1n) is 8.37. The van der Waals surface area contributed by atoms with E-state index in [0.717, 1.165) is 12.8 Å². The van der Waals surface area contributed by atoms with Crippen LogP contribution in [0.4, 0.5) is 0 Å². The number of epoxide rings is 2. The molecule has 7 atom stereocenters. The first-order chi connectivity index (χ1) is 10.2. The minimum absolute atomic E-state index is 0.0905. The van der Waals surface area contributed by atoms with Gasteiger partial charge in [0.2, 0.25) is 0 Å². The van der Waals surface area contributed by atoms with Crippen molar-refractivity contribution in [2.75, 3.05) is 0 Å². The molecule has 126 valence electrons. The average molecular weight is 312 g/mol. The number of ether oxygens (including phenoxy) is 3. The molecule has 1 aliphatic carbocycles. The van der Waals surface area contributed by atoms with Crippen molar-refractivity contribution in [1.29, 1.82) is 0 Å². The number of aliphatic hydroxyl groups is 1. The number of aliphatic hydroxyl groups excluding tert-OH is 1. The van der Waals surface area contributed by atoms with Crippen LogP contribution in [-0.4, -0.2) is 46.7 Å². The maximum Gasteiger partial charge on any atom is 0.303 e. The average Bonchev–Trinajstić information content (AvgIpc) is 3.23. The number of hydrogen-bond donors (Lipinski definition) is 1. The molecule has 0 spiro atoms. The summed E-state index contributed by atoms with van der Waals surface area (Å²) < 4.78 is 17.3. The summed E-state index contributed by atoms with van der Waals surface area (Å²) in [6.45, 7) is 9.83. The van der Waals surface area contributed by atoms with Gasteiger partial charge >= 0.3 is 5.97 Å². The molecule has 2 heterocycles. The summed E-state index contributed by atoms with van der Waals surface area (Å²) >= 11 is 0. The van der Waals surface area contributed by atoms with Gasteiger partial charge in [0.15, 0.2) is 0 Å². The van der Waals surface area contributed by atoms with E-state index >= 15 is 0 Å². The van der Waals surface area contributed by atoms with Gasteiger partial charge in [0.05, 0.1) is 17.3 Å². The number of carbonyl (C=O) groups is 1. The highest BCUT2D eigenvalue weighted by Gasteiger charge is 2.65. The van der Waals surface area contributed by atoms with E-state index in [0.29, 0.717) is 12.3 Å². The molecule has 5 heteroatoms. The van der Waals surface area contributed by atoms with Crippen LogP contribution in [0.5, 0.6) is 0 Å². The Bertz CT molecular complexity index is 464. The zero-order valence-corrected chi connectivity index (χ0v) is 14.2. The molecule has 2 unspecified atom stereocenters. The molecular formula is C17H28O5. The van der Waals surface area contributed by atoms with E-state index in [1.165, 1.54) is 6.92 Å². The van der Waals surface area contributed by atoms with Crippen LogP contribution in [0, 0.1) is 11.8 Å². The number of carbonyl (C=O) groups excluding carboxylic acids is 1. The first kappa shape index (κ1) is 16.2. The van der Waals surface area contributed by atoms with E-state index in [2.05, 4.69) is 20.8 Å². The quantitative estimate of drug-likeness (QED) is 0.624. The fourth-order valence-electron chi connectivity index (χ4n) is 4.20. The summed E-state index contributed by atoms with van der Waals surface area (Å²) in [6, 6.07) is 0. The van der Waals surface area contributed by atoms with Crippen molar-refractivity contribution >= 4 is 5.97 Å². The van der Waals surface area contributed by atoms with Crippen molar-refractivity contribution in [3.05, 3.63) is 0 Å². The predicted molar refractivity (Wildman–Crippen MR) is 80.3 cm³/mol. The number of esters is 1. The summed E-state index contributed by atoms with van der Waals surface area (Å²) in [4.78, 5) is 11.5. The second kappa shape index (κ2) is 5.18. The van der Waals surface area contributed by atoms with Crippen molar-refractivity contribution in [2.24, 2.45) is 11.8 Å². The van der Waals surface area contributed by atoms with E-state index in [9.17, 15) is 9.90 Å². The van der Waals surface area contributed by atoms with Crippen LogP contribution >= 0.6 is 0 Å². The van der Waals surface area contributed by atoms with Gasteiger partial charge in [0, 0.05) is 19.3 Å². The molecule has 3 fully saturated rings. The molecule has 0 aromatic rings. The number of hydrogen-bond acceptors (Lipinski definition) is 5. The Balaban J connectivity index is 1.85. The summed E-state index contributed by atoms with van der Waals surface area (Å²) in [5.41, 5.74) is -0.664. The highest BCUT2D eigenvalue weighted by molar-refractivity contribution is 5.66. The Kier molecular flexibility index (Phi) is 3.82. The van der Waals surface area contributed by atoms with E-state index in [1.807, 2.05) is 6.92 Å². The van der Waals surface area contributed by atoms with Gasteiger partial charge in [-0.2, -0.15) is 0 Å². The molecule has 3 rings (SSSR count). The predicted octanol–water partition coefficient (Wildman–Crippen LogP) is 2.05. The Labute approximate surface area is 132 Å². The Morgan fingerprint density at radius 1 is 1.23 bits per heavy atom. The summed E-state index contributed by atoms with van der Waals surface area (Å²) in [6.07, 6.45) is 1.33. The summed E-state index contributed by atoms with van der Waals surface area (Å²) in [5, 5.41) is 10.4. The third kappa shape index (κ3) is 2.79. The molecule has 1 N–H and O–H groups in total. The van der Waals surface area contributed by atoms with Crippen LogP contribution in [0.2, 0.25) is 0 Å².